The Balaban J connectivity index is 0.000000271. The number of pyridine rings is 2. The number of anilines is 1. The van der Waals surface area contributed by atoms with Crippen LogP contribution in [0.2, 0.25) is 5.28 Å². The van der Waals surface area contributed by atoms with Crippen LogP contribution in [0, 0.1) is 0 Å². The van der Waals surface area contributed by atoms with Crippen molar-refractivity contribution in [2.75, 3.05) is 57.7 Å². The molecule has 7 N–H and O–H groups in total. The molecule has 0 saturated heterocycles. The number of hydrogen-bond donors (Lipinski definition) is 6. The Morgan fingerprint density at radius 1 is 0.634 bits per heavy atom. The van der Waals surface area contributed by atoms with Gasteiger partial charge in [-0.15, -0.1) is 0 Å². The zero-order chi connectivity index (χ0) is 51.4. The molecule has 0 radical (unpaired) electrons. The van der Waals surface area contributed by atoms with Crippen molar-refractivity contribution in [1.82, 2.24) is 50.3 Å². The maximum absolute atomic E-state index is 11.8. The van der Waals surface area contributed by atoms with E-state index in [9.17, 15) is 24.3 Å². The summed E-state index contributed by atoms with van der Waals surface area (Å²) in [5.74, 6) is -1.76. The molecular formula is C50H71Br2ClN12O6. The Kier molecular flexibility index (Phi) is 27.4. The molecule has 4 heterocycles. The minimum Gasteiger partial charge on any atom is -0.480 e. The van der Waals surface area contributed by atoms with Crippen molar-refractivity contribution in [3.8, 4) is 0 Å². The first-order valence-electron chi connectivity index (χ1n) is 24.6. The van der Waals surface area contributed by atoms with Crippen molar-refractivity contribution in [2.24, 2.45) is 5.73 Å². The number of nitrogens with one attached hydrogen (secondary N) is 3. The molecule has 0 bridgehead atoms. The molecule has 71 heavy (non-hydrogen) atoms. The number of unbranched alkanes of at least 4 members (excludes halogenated alkanes) is 2. The van der Waals surface area contributed by atoms with Crippen LogP contribution in [-0.2, 0) is 57.7 Å². The Labute approximate surface area is 439 Å². The van der Waals surface area contributed by atoms with Gasteiger partial charge in [-0.05, 0) is 183 Å². The van der Waals surface area contributed by atoms with E-state index in [2.05, 4.69) is 102 Å². The minimum absolute atomic E-state index is 0.0549. The lowest BCUT2D eigenvalue weighted by atomic mass is 9.95. The molecule has 2 aliphatic carbocycles. The highest BCUT2D eigenvalue weighted by molar-refractivity contribution is 9.10. The summed E-state index contributed by atoms with van der Waals surface area (Å²) in [7, 11) is 0. The van der Waals surface area contributed by atoms with Crippen LogP contribution >= 0.6 is 43.5 Å². The van der Waals surface area contributed by atoms with Crippen LogP contribution in [0.5, 0.6) is 0 Å². The van der Waals surface area contributed by atoms with Gasteiger partial charge in [-0.1, -0.05) is 12.1 Å². The highest BCUT2D eigenvalue weighted by atomic mass is 79.9. The molecule has 4 aromatic rings. The van der Waals surface area contributed by atoms with Crippen LogP contribution in [0.25, 0.3) is 0 Å². The fraction of sp³-hybridized carbons (Fsp3) is 0.560. The predicted octanol–water partition coefficient (Wildman–Crippen LogP) is 6.64. The lowest BCUT2D eigenvalue weighted by Gasteiger charge is -2.24. The van der Waals surface area contributed by atoms with Crippen molar-refractivity contribution >= 4 is 73.2 Å². The third-order valence-corrected chi connectivity index (χ3v) is 13.0. The van der Waals surface area contributed by atoms with Gasteiger partial charge in [0.25, 0.3) is 0 Å². The molecule has 0 fully saturated rings. The number of aromatic nitrogens is 6. The number of carbonyl (C=O) groups is 4. The number of fused-ring (bicyclic) bond motifs is 2. The standard InChI is InChI=1S/C25H35BrN6O3.C21H34N4O3.C4H2BrClN2/c1-18(33)27-12-15-32(14-11-23(24(34)35)31-25-28-16-20(26)17-29-25)13-5-4-7-21-10-9-19-6-2-3-8-22(19)30-21;1-16(26)23-12-15-25(14-11-19(22)21(27)28)13-5-4-7-18-10-9-17-6-2-3-8-20(17)24-18;5-3-1-7-4(6)8-2-3/h9-10,16-17,23H,2-8,11-15H2,1H3,(H,27,33)(H,34,35)(H,28,29,31);9-10,19H,2-8,11-15,22H2,1H3,(H,23,26)(H,27,28);1-2H/t23-;19-;/m00./s1. The van der Waals surface area contributed by atoms with Crippen molar-refractivity contribution in [3.05, 3.63) is 97.2 Å². The molecule has 6 rings (SSSR count). The lowest BCUT2D eigenvalue weighted by molar-refractivity contribution is -0.139. The largest absolute Gasteiger partial charge is 0.480 e. The highest BCUT2D eigenvalue weighted by Crippen LogP contribution is 2.22. The van der Waals surface area contributed by atoms with E-state index in [-0.39, 0.29) is 23.0 Å². The topological polar surface area (TPSA) is 255 Å². The van der Waals surface area contributed by atoms with E-state index in [1.54, 1.807) is 24.8 Å². The van der Waals surface area contributed by atoms with Crippen LogP contribution in [0.3, 0.4) is 0 Å². The number of hydrogen-bond acceptors (Lipinski definition) is 14. The summed E-state index contributed by atoms with van der Waals surface area (Å²) in [5.41, 5.74) is 13.3. The molecule has 0 spiro atoms. The average molecular weight is 1130 g/mol. The molecular weight excluding hydrogens is 1060 g/mol. The number of amides is 2. The maximum atomic E-state index is 11.8. The first kappa shape index (κ1) is 58.8. The Hall–Kier alpha value is -4.73. The van der Waals surface area contributed by atoms with Crippen molar-refractivity contribution in [2.45, 2.75) is 129 Å². The van der Waals surface area contributed by atoms with Crippen LogP contribution in [0.4, 0.5) is 5.95 Å². The SMILES string of the molecule is CC(=O)NCCN(CCCCc1ccc2c(n1)CCCC2)CC[C@H](N)C(=O)O.CC(=O)NCCN(CCCCc1ccc2c(n1)CCCC2)CC[C@H](Nc1ncc(Br)cn1)C(=O)O.Clc1ncc(Br)cn1. The monoisotopic (exact) mass is 1130 g/mol. The van der Waals surface area contributed by atoms with Crippen molar-refractivity contribution in [3.63, 3.8) is 0 Å². The summed E-state index contributed by atoms with van der Waals surface area (Å²) >= 11 is 11.8. The normalized spacial score (nSPS) is 13.6. The van der Waals surface area contributed by atoms with E-state index in [4.69, 9.17) is 32.4 Å². The van der Waals surface area contributed by atoms with Gasteiger partial charge in [0.05, 0.1) is 8.95 Å². The van der Waals surface area contributed by atoms with Crippen LogP contribution in [-0.4, -0.2) is 138 Å². The molecule has 0 saturated carbocycles. The summed E-state index contributed by atoms with van der Waals surface area (Å²) < 4.78 is 1.56. The molecule has 18 nitrogen and oxygen atoms in total. The number of carboxylic acid groups (broad SMARTS) is 2. The van der Waals surface area contributed by atoms with Crippen molar-refractivity contribution < 1.29 is 29.4 Å². The van der Waals surface area contributed by atoms with E-state index in [0.29, 0.717) is 52.1 Å². The van der Waals surface area contributed by atoms with Crippen LogP contribution in [0.1, 0.15) is 112 Å². The number of rotatable bonds is 26. The second kappa shape index (κ2) is 33.1. The Morgan fingerprint density at radius 2 is 1.08 bits per heavy atom. The fourth-order valence-corrected chi connectivity index (χ4v) is 8.63. The van der Waals surface area contributed by atoms with Gasteiger partial charge in [-0.25, -0.2) is 24.7 Å². The number of carbonyl (C=O) groups excluding carboxylic acids is 2. The average Bonchev–Trinajstić information content (AvgIpc) is 3.35. The molecule has 388 valence electrons. The number of nitrogens with zero attached hydrogens (tertiary/aromatic N) is 8. The number of nitrogens with two attached hydrogens (primary N) is 1. The maximum Gasteiger partial charge on any atom is 0.326 e. The van der Waals surface area contributed by atoms with E-state index in [1.807, 2.05) is 0 Å². The molecule has 4 aromatic heterocycles. The zero-order valence-corrected chi connectivity index (χ0v) is 45.0. The van der Waals surface area contributed by atoms with Gasteiger partial charge < -0.3 is 41.7 Å². The smallest absolute Gasteiger partial charge is 0.326 e. The van der Waals surface area contributed by atoms with Crippen LogP contribution in [0.15, 0.2) is 58.0 Å². The summed E-state index contributed by atoms with van der Waals surface area (Å²) in [6.07, 6.45) is 22.5. The summed E-state index contributed by atoms with van der Waals surface area (Å²) in [6.45, 7) is 8.33. The molecule has 0 aliphatic heterocycles. The molecule has 0 aromatic carbocycles. The summed E-state index contributed by atoms with van der Waals surface area (Å²) in [4.78, 5) is 74.8. The Morgan fingerprint density at radius 3 is 1.52 bits per heavy atom. The van der Waals surface area contributed by atoms with Gasteiger partial charge >= 0.3 is 11.9 Å². The first-order valence-corrected chi connectivity index (χ1v) is 26.6. The lowest BCUT2D eigenvalue weighted by Crippen LogP contribution is -2.39. The van der Waals surface area contributed by atoms with Gasteiger partial charge in [0.15, 0.2) is 0 Å². The van der Waals surface area contributed by atoms with E-state index in [0.717, 1.165) is 91.9 Å². The van der Waals surface area contributed by atoms with E-state index in [1.165, 1.54) is 67.7 Å². The van der Waals surface area contributed by atoms with Crippen molar-refractivity contribution in [1.29, 1.82) is 0 Å². The van der Waals surface area contributed by atoms with Gasteiger partial charge in [0.2, 0.25) is 23.0 Å². The minimum atomic E-state index is -0.972. The summed E-state index contributed by atoms with van der Waals surface area (Å²) in [5, 5.41) is 27.4. The molecule has 0 unspecified atom stereocenters. The third kappa shape index (κ3) is 24.5. The zero-order valence-electron chi connectivity index (χ0n) is 41.1. The number of aliphatic carboxylic acids is 2. The molecule has 2 aliphatic rings. The fourth-order valence-electron chi connectivity index (χ4n) is 8.12. The van der Waals surface area contributed by atoms with Gasteiger partial charge in [0, 0.05) is 101 Å². The second-order valence-corrected chi connectivity index (χ2v) is 19.9. The van der Waals surface area contributed by atoms with Gasteiger partial charge in [0.1, 0.15) is 12.1 Å². The van der Waals surface area contributed by atoms with E-state index < -0.39 is 24.0 Å². The van der Waals surface area contributed by atoms with E-state index >= 15 is 0 Å². The predicted molar refractivity (Wildman–Crippen MR) is 282 cm³/mol. The van der Waals surface area contributed by atoms with Gasteiger partial charge in [-0.2, -0.15) is 0 Å². The number of aryl methyl sites for hydroxylation is 6. The highest BCUT2D eigenvalue weighted by Gasteiger charge is 2.20. The summed E-state index contributed by atoms with van der Waals surface area (Å²) in [6, 6.07) is 7.15. The second-order valence-electron chi connectivity index (χ2n) is 17.7. The van der Waals surface area contributed by atoms with Gasteiger partial charge in [-0.3, -0.25) is 24.4 Å². The number of carboxylic acids is 2. The Bertz CT molecular complexity index is 2230. The van der Waals surface area contributed by atoms with Crippen LogP contribution < -0.4 is 21.7 Å². The molecule has 2 amide bonds. The third-order valence-electron chi connectivity index (χ3n) is 12.0. The first-order chi connectivity index (χ1) is 34.1. The molecule has 21 heteroatoms. The molecule has 2 atom stereocenters. The number of halogens is 3. The quantitative estimate of drug-likeness (QED) is 0.0284.